The van der Waals surface area contributed by atoms with Crippen LogP contribution in [0.1, 0.15) is 17.0 Å². The van der Waals surface area contributed by atoms with Gasteiger partial charge in [0.2, 0.25) is 0 Å². The molecule has 8 heteroatoms. The number of aryl methyl sites for hydroxylation is 1. The lowest BCUT2D eigenvalue weighted by molar-refractivity contribution is -0.386. The lowest BCUT2D eigenvalue weighted by Crippen LogP contribution is -2.15. The number of nitro groups is 1. The largest absolute Gasteiger partial charge is 0.459 e. The highest BCUT2D eigenvalue weighted by Gasteiger charge is 2.23. The molecule has 0 bridgehead atoms. The molecular weight excluding hydrogens is 354 g/mol. The van der Waals surface area contributed by atoms with Crippen molar-refractivity contribution < 1.29 is 14.5 Å². The Kier molecular flexibility index (Phi) is 4.92. The summed E-state index contributed by atoms with van der Waals surface area (Å²) < 4.78 is 7.38. The van der Waals surface area contributed by atoms with Gasteiger partial charge in [0.1, 0.15) is 24.5 Å². The molecular formula is C14H14BrN3O4. The Balaban J connectivity index is 1.99. The molecule has 0 saturated heterocycles. The van der Waals surface area contributed by atoms with Crippen LogP contribution in [0.2, 0.25) is 0 Å². The summed E-state index contributed by atoms with van der Waals surface area (Å²) in [6.07, 6.45) is 0. The summed E-state index contributed by atoms with van der Waals surface area (Å²) in [4.78, 5) is 22.2. The third-order valence-electron chi connectivity index (χ3n) is 3.12. The van der Waals surface area contributed by atoms with Gasteiger partial charge < -0.3 is 4.74 Å². The van der Waals surface area contributed by atoms with Crippen molar-refractivity contribution in [1.82, 2.24) is 9.78 Å². The molecule has 0 aliphatic rings. The van der Waals surface area contributed by atoms with E-state index in [4.69, 9.17) is 4.74 Å². The zero-order valence-corrected chi connectivity index (χ0v) is 13.7. The number of carbonyl (C=O) groups is 1. The van der Waals surface area contributed by atoms with Gasteiger partial charge in [0.05, 0.1) is 4.92 Å². The predicted octanol–water partition coefficient (Wildman–Crippen LogP) is 2.91. The number of aromatic nitrogens is 2. The molecule has 0 amide bonds. The summed E-state index contributed by atoms with van der Waals surface area (Å²) in [6.45, 7) is 3.08. The molecule has 0 radical (unpaired) electrons. The molecule has 0 aliphatic carbocycles. The highest BCUT2D eigenvalue weighted by molar-refractivity contribution is 9.10. The van der Waals surface area contributed by atoms with Crippen molar-refractivity contribution in [1.29, 1.82) is 0 Å². The molecule has 2 rings (SSSR count). The fourth-order valence-corrected chi connectivity index (χ4v) is 2.28. The van der Waals surface area contributed by atoms with E-state index in [9.17, 15) is 14.9 Å². The molecule has 22 heavy (non-hydrogen) atoms. The Morgan fingerprint density at radius 2 is 2.00 bits per heavy atom. The van der Waals surface area contributed by atoms with Crippen molar-refractivity contribution in [2.45, 2.75) is 27.0 Å². The number of hydrogen-bond acceptors (Lipinski definition) is 5. The van der Waals surface area contributed by atoms with Crippen LogP contribution in [0.15, 0.2) is 28.7 Å². The highest BCUT2D eigenvalue weighted by atomic mass is 79.9. The fraction of sp³-hybridized carbons (Fsp3) is 0.286. The molecule has 0 saturated carbocycles. The van der Waals surface area contributed by atoms with Crippen LogP contribution in [0.4, 0.5) is 5.69 Å². The van der Waals surface area contributed by atoms with Gasteiger partial charge in [0.15, 0.2) is 0 Å². The van der Waals surface area contributed by atoms with Gasteiger partial charge in [0.25, 0.3) is 0 Å². The third-order valence-corrected chi connectivity index (χ3v) is 3.65. The maximum Gasteiger partial charge on any atom is 0.328 e. The van der Waals surface area contributed by atoms with Crippen LogP contribution in [0, 0.1) is 24.0 Å². The van der Waals surface area contributed by atoms with Crippen molar-refractivity contribution in [3.8, 4) is 0 Å². The summed E-state index contributed by atoms with van der Waals surface area (Å²) in [5.74, 6) is -0.497. The monoisotopic (exact) mass is 367 g/mol. The van der Waals surface area contributed by atoms with Gasteiger partial charge in [-0.2, -0.15) is 5.10 Å². The van der Waals surface area contributed by atoms with E-state index in [1.54, 1.807) is 6.92 Å². The van der Waals surface area contributed by atoms with E-state index < -0.39 is 10.9 Å². The van der Waals surface area contributed by atoms with E-state index in [0.29, 0.717) is 5.69 Å². The minimum atomic E-state index is -0.499. The molecule has 0 unspecified atom stereocenters. The maximum atomic E-state index is 11.8. The first-order chi connectivity index (χ1) is 10.4. The molecule has 1 aromatic carbocycles. The van der Waals surface area contributed by atoms with E-state index in [1.165, 1.54) is 11.6 Å². The molecule has 2 aromatic rings. The summed E-state index contributed by atoms with van der Waals surface area (Å²) in [5.41, 5.74) is 1.41. The molecule has 0 atom stereocenters. The lowest BCUT2D eigenvalue weighted by atomic mass is 10.2. The van der Waals surface area contributed by atoms with Crippen molar-refractivity contribution in [3.05, 3.63) is 55.8 Å². The fourth-order valence-electron chi connectivity index (χ4n) is 2.02. The third kappa shape index (κ3) is 3.70. The Hall–Kier alpha value is -2.22. The number of esters is 1. The second-order valence-electron chi connectivity index (χ2n) is 4.72. The van der Waals surface area contributed by atoms with Crippen LogP contribution >= 0.6 is 15.9 Å². The second kappa shape index (κ2) is 6.69. The minimum Gasteiger partial charge on any atom is -0.459 e. The van der Waals surface area contributed by atoms with Crippen LogP contribution in [-0.4, -0.2) is 20.7 Å². The Morgan fingerprint density at radius 1 is 1.36 bits per heavy atom. The number of ether oxygens (including phenoxy) is 1. The molecule has 7 nitrogen and oxygen atoms in total. The van der Waals surface area contributed by atoms with Gasteiger partial charge in [-0.05, 0) is 31.5 Å². The number of halogens is 1. The predicted molar refractivity (Wildman–Crippen MR) is 82.3 cm³/mol. The average molecular weight is 368 g/mol. The van der Waals surface area contributed by atoms with E-state index in [1.807, 2.05) is 24.3 Å². The molecule has 0 spiro atoms. The van der Waals surface area contributed by atoms with E-state index in [2.05, 4.69) is 21.0 Å². The Morgan fingerprint density at radius 3 is 2.55 bits per heavy atom. The van der Waals surface area contributed by atoms with Gasteiger partial charge in [-0.25, -0.2) is 0 Å². The van der Waals surface area contributed by atoms with Crippen molar-refractivity contribution in [2.75, 3.05) is 0 Å². The Bertz CT molecular complexity index is 710. The van der Waals surface area contributed by atoms with Gasteiger partial charge >= 0.3 is 11.7 Å². The van der Waals surface area contributed by atoms with Crippen molar-refractivity contribution >= 4 is 27.6 Å². The quantitative estimate of drug-likeness (QED) is 0.460. The topological polar surface area (TPSA) is 87.3 Å². The SMILES string of the molecule is Cc1nn(CC(=O)OCc2ccc(Br)cc2)c(C)c1[N+](=O)[O-]. The minimum absolute atomic E-state index is 0.0688. The number of carbonyl (C=O) groups excluding carboxylic acids is 1. The highest BCUT2D eigenvalue weighted by Crippen LogP contribution is 2.21. The standard InChI is InChI=1S/C14H14BrN3O4/c1-9-14(18(20)21)10(2)17(16-9)7-13(19)22-8-11-3-5-12(15)6-4-11/h3-6H,7-8H2,1-2H3. The van der Waals surface area contributed by atoms with E-state index in [0.717, 1.165) is 10.0 Å². The van der Waals surface area contributed by atoms with Crippen LogP contribution in [0.5, 0.6) is 0 Å². The summed E-state index contributed by atoms with van der Waals surface area (Å²) in [5, 5.41) is 14.9. The smallest absolute Gasteiger partial charge is 0.328 e. The molecule has 0 fully saturated rings. The maximum absolute atomic E-state index is 11.8. The van der Waals surface area contributed by atoms with Crippen molar-refractivity contribution in [3.63, 3.8) is 0 Å². The van der Waals surface area contributed by atoms with Gasteiger partial charge in [-0.1, -0.05) is 28.1 Å². The molecule has 1 aromatic heterocycles. The molecule has 0 N–H and O–H groups in total. The van der Waals surface area contributed by atoms with Crippen LogP contribution in [0.3, 0.4) is 0 Å². The number of hydrogen-bond donors (Lipinski definition) is 0. The second-order valence-corrected chi connectivity index (χ2v) is 5.64. The van der Waals surface area contributed by atoms with Gasteiger partial charge in [0, 0.05) is 4.47 Å². The molecule has 1 heterocycles. The molecule has 0 aliphatic heterocycles. The number of nitrogens with zero attached hydrogens (tertiary/aromatic N) is 3. The van der Waals surface area contributed by atoms with Crippen molar-refractivity contribution in [2.24, 2.45) is 0 Å². The lowest BCUT2D eigenvalue weighted by Gasteiger charge is -2.06. The van der Waals surface area contributed by atoms with Crippen LogP contribution < -0.4 is 0 Å². The van der Waals surface area contributed by atoms with Gasteiger partial charge in [-0.15, -0.1) is 0 Å². The van der Waals surface area contributed by atoms with Crippen LogP contribution in [-0.2, 0) is 22.7 Å². The first-order valence-corrected chi connectivity index (χ1v) is 7.26. The van der Waals surface area contributed by atoms with E-state index >= 15 is 0 Å². The van der Waals surface area contributed by atoms with Gasteiger partial charge in [-0.3, -0.25) is 19.6 Å². The van der Waals surface area contributed by atoms with E-state index in [-0.39, 0.29) is 24.5 Å². The summed E-state index contributed by atoms with van der Waals surface area (Å²) in [7, 11) is 0. The summed E-state index contributed by atoms with van der Waals surface area (Å²) >= 11 is 3.32. The normalized spacial score (nSPS) is 10.5. The number of benzene rings is 1. The van der Waals surface area contributed by atoms with Crippen LogP contribution in [0.25, 0.3) is 0 Å². The average Bonchev–Trinajstić information content (AvgIpc) is 2.72. The molecule has 116 valence electrons. The zero-order valence-electron chi connectivity index (χ0n) is 12.1. The first-order valence-electron chi connectivity index (χ1n) is 6.47. The summed E-state index contributed by atoms with van der Waals surface area (Å²) in [6, 6.07) is 7.39. The zero-order chi connectivity index (χ0) is 16.3. The number of rotatable bonds is 5. The first kappa shape index (κ1) is 16.2. The Labute approximate surface area is 135 Å².